The number of esters is 1. The van der Waals surface area contributed by atoms with Gasteiger partial charge in [-0.2, -0.15) is 11.3 Å². The second-order valence-corrected chi connectivity index (χ2v) is 6.21. The molecule has 0 aliphatic carbocycles. The monoisotopic (exact) mass is 369 g/mol. The minimum atomic E-state index is -0.957. The average molecular weight is 370 g/mol. The van der Waals surface area contributed by atoms with E-state index >= 15 is 0 Å². The van der Waals surface area contributed by atoms with Gasteiger partial charge in [0.05, 0.1) is 10.7 Å². The molecule has 4 nitrogen and oxygen atoms in total. The lowest BCUT2D eigenvalue weighted by Crippen LogP contribution is -2.29. The summed E-state index contributed by atoms with van der Waals surface area (Å²) in [5.41, 5.74) is 1.30. The van der Waals surface area contributed by atoms with Crippen LogP contribution in [0.1, 0.15) is 12.5 Å². The predicted molar refractivity (Wildman–Crippen MR) is 94.0 cm³/mol. The number of halogens is 2. The van der Waals surface area contributed by atoms with Crippen molar-refractivity contribution in [3.63, 3.8) is 0 Å². The molecule has 0 saturated heterocycles. The van der Waals surface area contributed by atoms with Crippen LogP contribution in [-0.4, -0.2) is 18.0 Å². The van der Waals surface area contributed by atoms with Crippen molar-refractivity contribution in [2.45, 2.75) is 13.0 Å². The lowest BCUT2D eigenvalue weighted by Gasteiger charge is -2.13. The molecule has 0 fully saturated rings. The van der Waals surface area contributed by atoms with E-state index in [4.69, 9.17) is 27.9 Å². The zero-order valence-corrected chi connectivity index (χ0v) is 14.4. The van der Waals surface area contributed by atoms with Gasteiger partial charge < -0.3 is 10.1 Å². The molecule has 0 radical (unpaired) electrons. The molecule has 0 aliphatic heterocycles. The van der Waals surface area contributed by atoms with E-state index in [-0.39, 0.29) is 0 Å². The molecule has 1 aromatic carbocycles. The summed E-state index contributed by atoms with van der Waals surface area (Å²) in [6.07, 6.45) is 1.95. The van der Waals surface area contributed by atoms with Crippen LogP contribution in [-0.2, 0) is 14.3 Å². The summed E-state index contributed by atoms with van der Waals surface area (Å²) in [6.45, 7) is 1.48. The summed E-state index contributed by atoms with van der Waals surface area (Å²) in [6, 6.07) is 6.56. The standard InChI is InChI=1S/C16H13Cl2NO3S/c1-10(22-15(20)5-2-11-6-7-23-9-11)16(21)19-14-4-3-12(17)8-13(14)18/h2-10H,1H3,(H,19,21)/b5-2+/t10-/m1/s1. The Hall–Kier alpha value is -1.82. The molecule has 23 heavy (non-hydrogen) atoms. The van der Waals surface area contributed by atoms with Crippen molar-refractivity contribution in [3.8, 4) is 0 Å². The Morgan fingerprint density at radius 2 is 2.09 bits per heavy atom. The number of nitrogens with one attached hydrogen (secondary N) is 1. The van der Waals surface area contributed by atoms with Gasteiger partial charge in [-0.25, -0.2) is 4.79 Å². The van der Waals surface area contributed by atoms with Crippen LogP contribution >= 0.6 is 34.5 Å². The molecule has 1 heterocycles. The molecule has 7 heteroatoms. The van der Waals surface area contributed by atoms with Crippen LogP contribution in [0.4, 0.5) is 5.69 Å². The van der Waals surface area contributed by atoms with Crippen molar-refractivity contribution in [2.24, 2.45) is 0 Å². The second kappa shape index (κ2) is 8.15. The fourth-order valence-corrected chi connectivity index (χ4v) is 2.71. The van der Waals surface area contributed by atoms with Crippen molar-refractivity contribution in [1.29, 1.82) is 0 Å². The third-order valence-corrected chi connectivity index (χ3v) is 4.06. The first-order valence-corrected chi connectivity index (χ1v) is 8.32. The molecule has 2 rings (SSSR count). The molecule has 1 N–H and O–H groups in total. The van der Waals surface area contributed by atoms with Gasteiger partial charge in [0.1, 0.15) is 0 Å². The topological polar surface area (TPSA) is 55.4 Å². The largest absolute Gasteiger partial charge is 0.449 e. The van der Waals surface area contributed by atoms with Gasteiger partial charge >= 0.3 is 5.97 Å². The number of hydrogen-bond donors (Lipinski definition) is 1. The molecule has 2 aromatic rings. The number of hydrogen-bond acceptors (Lipinski definition) is 4. The molecule has 0 aliphatic rings. The maximum absolute atomic E-state index is 12.0. The van der Waals surface area contributed by atoms with Gasteiger partial charge in [0.2, 0.25) is 0 Å². The van der Waals surface area contributed by atoms with Gasteiger partial charge in [-0.1, -0.05) is 23.2 Å². The maximum Gasteiger partial charge on any atom is 0.331 e. The Balaban J connectivity index is 1.90. The van der Waals surface area contributed by atoms with E-state index in [1.807, 2.05) is 16.8 Å². The average Bonchev–Trinajstić information content (AvgIpc) is 3.01. The molecular weight excluding hydrogens is 357 g/mol. The Kier molecular flexibility index (Phi) is 6.21. The third-order valence-electron chi connectivity index (χ3n) is 2.81. The summed E-state index contributed by atoms with van der Waals surface area (Å²) in [4.78, 5) is 23.7. The van der Waals surface area contributed by atoms with Crippen molar-refractivity contribution >= 4 is 58.2 Å². The Morgan fingerprint density at radius 3 is 2.74 bits per heavy atom. The first-order chi connectivity index (χ1) is 11.0. The van der Waals surface area contributed by atoms with E-state index in [2.05, 4.69) is 5.32 Å². The first-order valence-electron chi connectivity index (χ1n) is 6.62. The zero-order valence-electron chi connectivity index (χ0n) is 12.1. The van der Waals surface area contributed by atoms with Crippen LogP contribution in [0.15, 0.2) is 41.1 Å². The summed E-state index contributed by atoms with van der Waals surface area (Å²) < 4.78 is 5.04. The summed E-state index contributed by atoms with van der Waals surface area (Å²) in [5.74, 6) is -1.08. The summed E-state index contributed by atoms with van der Waals surface area (Å²) in [7, 11) is 0. The lowest BCUT2D eigenvalue weighted by atomic mass is 10.3. The van der Waals surface area contributed by atoms with Crippen LogP contribution in [0.2, 0.25) is 10.0 Å². The van der Waals surface area contributed by atoms with Crippen LogP contribution in [0.25, 0.3) is 6.08 Å². The highest BCUT2D eigenvalue weighted by Gasteiger charge is 2.17. The minimum Gasteiger partial charge on any atom is -0.449 e. The van der Waals surface area contributed by atoms with Gasteiger partial charge in [0, 0.05) is 11.1 Å². The molecule has 1 aromatic heterocycles. The van der Waals surface area contributed by atoms with Crippen molar-refractivity contribution in [3.05, 3.63) is 56.7 Å². The quantitative estimate of drug-likeness (QED) is 0.616. The predicted octanol–water partition coefficient (Wildman–Crippen LogP) is 4.64. The number of benzene rings is 1. The number of rotatable bonds is 5. The molecule has 1 amide bonds. The van der Waals surface area contributed by atoms with E-state index in [9.17, 15) is 9.59 Å². The number of anilines is 1. The summed E-state index contributed by atoms with van der Waals surface area (Å²) in [5, 5.41) is 7.15. The Labute approximate surface area is 147 Å². The third kappa shape index (κ3) is 5.39. The lowest BCUT2D eigenvalue weighted by molar-refractivity contribution is -0.148. The molecule has 0 spiro atoms. The molecule has 0 saturated carbocycles. The fourth-order valence-electron chi connectivity index (χ4n) is 1.63. The number of thiophene rings is 1. The van der Waals surface area contributed by atoms with E-state index < -0.39 is 18.0 Å². The van der Waals surface area contributed by atoms with Crippen molar-refractivity contribution < 1.29 is 14.3 Å². The highest BCUT2D eigenvalue weighted by atomic mass is 35.5. The van der Waals surface area contributed by atoms with E-state index in [0.29, 0.717) is 15.7 Å². The van der Waals surface area contributed by atoms with Gasteiger partial charge in [0.15, 0.2) is 6.10 Å². The van der Waals surface area contributed by atoms with E-state index in [0.717, 1.165) is 5.56 Å². The maximum atomic E-state index is 12.0. The Morgan fingerprint density at radius 1 is 1.30 bits per heavy atom. The minimum absolute atomic E-state index is 0.307. The molecule has 0 bridgehead atoms. The van der Waals surface area contributed by atoms with Gasteiger partial charge in [-0.3, -0.25) is 4.79 Å². The number of carbonyl (C=O) groups is 2. The molecular formula is C16H13Cl2NO3S. The van der Waals surface area contributed by atoms with Crippen LogP contribution in [0.5, 0.6) is 0 Å². The highest BCUT2D eigenvalue weighted by molar-refractivity contribution is 7.08. The Bertz CT molecular complexity index is 729. The van der Waals surface area contributed by atoms with Crippen LogP contribution in [0, 0.1) is 0 Å². The molecule has 0 unspecified atom stereocenters. The number of amides is 1. The zero-order chi connectivity index (χ0) is 16.8. The first kappa shape index (κ1) is 17.5. The highest BCUT2D eigenvalue weighted by Crippen LogP contribution is 2.25. The number of carbonyl (C=O) groups excluding carboxylic acids is 2. The van der Waals surface area contributed by atoms with Crippen molar-refractivity contribution in [1.82, 2.24) is 0 Å². The van der Waals surface area contributed by atoms with Gasteiger partial charge in [0.25, 0.3) is 5.91 Å². The normalized spacial score (nSPS) is 12.1. The van der Waals surface area contributed by atoms with Gasteiger partial charge in [-0.05, 0) is 53.6 Å². The van der Waals surface area contributed by atoms with E-state index in [1.54, 1.807) is 18.2 Å². The van der Waals surface area contributed by atoms with Crippen LogP contribution in [0.3, 0.4) is 0 Å². The van der Waals surface area contributed by atoms with E-state index in [1.165, 1.54) is 30.4 Å². The molecule has 120 valence electrons. The fraction of sp³-hybridized carbons (Fsp3) is 0.125. The second-order valence-electron chi connectivity index (χ2n) is 4.58. The summed E-state index contributed by atoms with van der Waals surface area (Å²) >= 11 is 13.3. The number of ether oxygens (including phenoxy) is 1. The molecule has 1 atom stereocenters. The smallest absolute Gasteiger partial charge is 0.331 e. The van der Waals surface area contributed by atoms with Crippen molar-refractivity contribution in [2.75, 3.05) is 5.32 Å². The van der Waals surface area contributed by atoms with Crippen LogP contribution < -0.4 is 5.32 Å². The van der Waals surface area contributed by atoms with Gasteiger partial charge in [-0.15, -0.1) is 0 Å². The SMILES string of the molecule is C[C@@H](OC(=O)/C=C/c1ccsc1)C(=O)Nc1ccc(Cl)cc1Cl.